The van der Waals surface area contributed by atoms with E-state index in [-0.39, 0.29) is 6.03 Å². The Hall–Kier alpha value is -1.52. The molecule has 0 saturated heterocycles. The Morgan fingerprint density at radius 2 is 1.89 bits per heavy atom. The van der Waals surface area contributed by atoms with Gasteiger partial charge in [-0.2, -0.15) is 0 Å². The second-order valence-electron chi connectivity index (χ2n) is 4.02. The van der Waals surface area contributed by atoms with Gasteiger partial charge in [0.2, 0.25) is 0 Å². The minimum Gasteiger partial charge on any atom is -0.308 e. The molecule has 98 valence electrons. The molecule has 0 radical (unpaired) electrons. The molecule has 3 nitrogen and oxygen atoms in total. The number of nitrogens with one attached hydrogen (secondary N) is 2. The van der Waals surface area contributed by atoms with Crippen LogP contribution in [0.4, 0.5) is 16.2 Å². The number of halogens is 2. The molecule has 0 aliphatic heterocycles. The highest BCUT2D eigenvalue weighted by molar-refractivity contribution is 9.10. The van der Waals surface area contributed by atoms with Gasteiger partial charge in [-0.25, -0.2) is 4.79 Å². The maximum absolute atomic E-state index is 11.8. The smallest absolute Gasteiger partial charge is 0.308 e. The Bertz CT molecular complexity index is 616. The summed E-state index contributed by atoms with van der Waals surface area (Å²) >= 11 is 9.38. The van der Waals surface area contributed by atoms with Crippen molar-refractivity contribution in [2.24, 2.45) is 0 Å². The first-order valence-corrected chi connectivity index (χ1v) is 6.82. The first-order chi connectivity index (χ1) is 9.06. The summed E-state index contributed by atoms with van der Waals surface area (Å²) in [7, 11) is 0. The second-order valence-corrected chi connectivity index (χ2v) is 5.28. The van der Waals surface area contributed by atoms with E-state index in [1.807, 2.05) is 37.3 Å². The van der Waals surface area contributed by atoms with Crippen molar-refractivity contribution in [2.45, 2.75) is 6.92 Å². The van der Waals surface area contributed by atoms with Gasteiger partial charge in [-0.1, -0.05) is 39.7 Å². The summed E-state index contributed by atoms with van der Waals surface area (Å²) in [5, 5.41) is 5.96. The average Bonchev–Trinajstić information content (AvgIpc) is 2.37. The van der Waals surface area contributed by atoms with Crippen LogP contribution in [0.2, 0.25) is 5.02 Å². The highest BCUT2D eigenvalue weighted by Crippen LogP contribution is 2.22. The number of anilines is 2. The van der Waals surface area contributed by atoms with Gasteiger partial charge >= 0.3 is 6.03 Å². The number of aryl methyl sites for hydroxylation is 1. The zero-order valence-electron chi connectivity index (χ0n) is 10.2. The van der Waals surface area contributed by atoms with Gasteiger partial charge in [0.05, 0.1) is 10.7 Å². The summed E-state index contributed by atoms with van der Waals surface area (Å²) in [6, 6.07) is 12.4. The Morgan fingerprint density at radius 3 is 2.58 bits per heavy atom. The van der Waals surface area contributed by atoms with Crippen LogP contribution >= 0.6 is 27.5 Å². The molecule has 2 rings (SSSR count). The molecular formula is C14H12BrClN2O. The van der Waals surface area contributed by atoms with Crippen LogP contribution < -0.4 is 10.6 Å². The zero-order valence-corrected chi connectivity index (χ0v) is 12.5. The van der Waals surface area contributed by atoms with Gasteiger partial charge in [0.15, 0.2) is 0 Å². The molecule has 0 aliphatic carbocycles. The predicted octanol–water partition coefficient (Wildman–Crippen LogP) is 5.05. The third kappa shape index (κ3) is 3.72. The van der Waals surface area contributed by atoms with E-state index in [1.165, 1.54) is 0 Å². The molecule has 2 amide bonds. The summed E-state index contributed by atoms with van der Waals surface area (Å²) in [4.78, 5) is 11.8. The monoisotopic (exact) mass is 338 g/mol. The number of rotatable bonds is 2. The highest BCUT2D eigenvalue weighted by Gasteiger charge is 2.06. The van der Waals surface area contributed by atoms with Crippen LogP contribution in [0, 0.1) is 6.92 Å². The molecule has 0 spiro atoms. The summed E-state index contributed by atoms with van der Waals surface area (Å²) < 4.78 is 1.00. The Balaban J connectivity index is 2.05. The fraction of sp³-hybridized carbons (Fsp3) is 0.0714. The summed E-state index contributed by atoms with van der Waals surface area (Å²) in [5.74, 6) is 0. The second kappa shape index (κ2) is 6.08. The Morgan fingerprint density at radius 1 is 1.16 bits per heavy atom. The molecule has 2 N–H and O–H groups in total. The molecule has 0 bridgehead atoms. The van der Waals surface area contributed by atoms with Gasteiger partial charge in [0.25, 0.3) is 0 Å². The van der Waals surface area contributed by atoms with E-state index in [2.05, 4.69) is 26.6 Å². The number of para-hydroxylation sites is 1. The normalized spacial score (nSPS) is 10.1. The van der Waals surface area contributed by atoms with Crippen molar-refractivity contribution >= 4 is 44.9 Å². The topological polar surface area (TPSA) is 41.1 Å². The van der Waals surface area contributed by atoms with Crippen LogP contribution in [0.1, 0.15) is 5.56 Å². The first kappa shape index (κ1) is 13.9. The molecule has 0 heterocycles. The van der Waals surface area contributed by atoms with E-state index in [0.29, 0.717) is 10.7 Å². The molecule has 19 heavy (non-hydrogen) atoms. The summed E-state index contributed by atoms with van der Waals surface area (Å²) in [5.41, 5.74) is 2.36. The van der Waals surface area contributed by atoms with Crippen molar-refractivity contribution in [3.63, 3.8) is 0 Å². The largest absolute Gasteiger partial charge is 0.323 e. The summed E-state index contributed by atoms with van der Waals surface area (Å²) in [6.07, 6.45) is 0. The van der Waals surface area contributed by atoms with Crippen LogP contribution in [-0.2, 0) is 0 Å². The lowest BCUT2D eigenvalue weighted by atomic mass is 10.2. The molecule has 2 aromatic rings. The van der Waals surface area contributed by atoms with Crippen LogP contribution in [0.3, 0.4) is 0 Å². The van der Waals surface area contributed by atoms with E-state index in [0.717, 1.165) is 15.7 Å². The van der Waals surface area contributed by atoms with Crippen LogP contribution in [0.5, 0.6) is 0 Å². The van der Waals surface area contributed by atoms with E-state index >= 15 is 0 Å². The molecule has 0 fully saturated rings. The molecule has 0 aliphatic rings. The fourth-order valence-corrected chi connectivity index (χ4v) is 2.00. The van der Waals surface area contributed by atoms with Crippen molar-refractivity contribution in [3.05, 3.63) is 57.5 Å². The number of urea groups is 1. The van der Waals surface area contributed by atoms with Gasteiger partial charge in [-0.05, 0) is 42.8 Å². The van der Waals surface area contributed by atoms with E-state index in [1.54, 1.807) is 12.1 Å². The van der Waals surface area contributed by atoms with E-state index in [4.69, 9.17) is 11.6 Å². The van der Waals surface area contributed by atoms with Crippen molar-refractivity contribution in [2.75, 3.05) is 10.6 Å². The third-order valence-electron chi connectivity index (χ3n) is 2.54. The lowest BCUT2D eigenvalue weighted by molar-refractivity contribution is 0.262. The SMILES string of the molecule is Cc1cc(NC(=O)Nc2ccccc2Cl)ccc1Br. The van der Waals surface area contributed by atoms with E-state index in [9.17, 15) is 4.79 Å². The standard InChI is InChI=1S/C14H12BrClN2O/c1-9-8-10(6-7-11(9)15)17-14(19)18-13-5-3-2-4-12(13)16/h2-8H,1H3,(H2,17,18,19). The number of carbonyl (C=O) groups excluding carboxylic acids is 1. The lowest BCUT2D eigenvalue weighted by Gasteiger charge is -2.09. The molecule has 0 unspecified atom stereocenters. The molecule has 0 aromatic heterocycles. The third-order valence-corrected chi connectivity index (χ3v) is 3.76. The molecule has 2 aromatic carbocycles. The predicted molar refractivity (Wildman–Crippen MR) is 83.0 cm³/mol. The molecule has 0 saturated carbocycles. The van der Waals surface area contributed by atoms with Gasteiger partial charge in [-0.3, -0.25) is 0 Å². The number of amides is 2. The zero-order chi connectivity index (χ0) is 13.8. The van der Waals surface area contributed by atoms with Crippen molar-refractivity contribution < 1.29 is 4.79 Å². The van der Waals surface area contributed by atoms with Crippen LogP contribution in [0.15, 0.2) is 46.9 Å². The lowest BCUT2D eigenvalue weighted by Crippen LogP contribution is -2.19. The van der Waals surface area contributed by atoms with Gasteiger partial charge in [-0.15, -0.1) is 0 Å². The van der Waals surface area contributed by atoms with Crippen LogP contribution in [-0.4, -0.2) is 6.03 Å². The number of hydrogen-bond acceptors (Lipinski definition) is 1. The van der Waals surface area contributed by atoms with Gasteiger partial charge < -0.3 is 10.6 Å². The number of hydrogen-bond donors (Lipinski definition) is 2. The van der Waals surface area contributed by atoms with Gasteiger partial charge in [0.1, 0.15) is 0 Å². The molecule has 5 heteroatoms. The summed E-state index contributed by atoms with van der Waals surface area (Å²) in [6.45, 7) is 1.96. The molecular weight excluding hydrogens is 328 g/mol. The number of benzene rings is 2. The van der Waals surface area contributed by atoms with Crippen molar-refractivity contribution in [1.82, 2.24) is 0 Å². The fourth-order valence-electron chi connectivity index (χ4n) is 1.57. The maximum Gasteiger partial charge on any atom is 0.323 e. The van der Waals surface area contributed by atoms with Crippen molar-refractivity contribution in [1.29, 1.82) is 0 Å². The van der Waals surface area contributed by atoms with Crippen LogP contribution in [0.25, 0.3) is 0 Å². The minimum absolute atomic E-state index is 0.324. The number of carbonyl (C=O) groups is 1. The highest BCUT2D eigenvalue weighted by atomic mass is 79.9. The minimum atomic E-state index is -0.324. The molecule has 0 atom stereocenters. The maximum atomic E-state index is 11.8. The Kier molecular flexibility index (Phi) is 4.45. The van der Waals surface area contributed by atoms with Crippen molar-refractivity contribution in [3.8, 4) is 0 Å². The van der Waals surface area contributed by atoms with Gasteiger partial charge in [0, 0.05) is 10.2 Å². The Labute approximate surface area is 125 Å². The quantitative estimate of drug-likeness (QED) is 0.789. The average molecular weight is 340 g/mol. The first-order valence-electron chi connectivity index (χ1n) is 5.65. The van der Waals surface area contributed by atoms with E-state index < -0.39 is 0 Å².